The quantitative estimate of drug-likeness (QED) is 0.932. The van der Waals surface area contributed by atoms with Crippen LogP contribution in [0, 0.1) is 5.82 Å². The average molecular weight is 318 g/mol. The van der Waals surface area contributed by atoms with Crippen LogP contribution < -0.4 is 5.73 Å². The van der Waals surface area contributed by atoms with Gasteiger partial charge < -0.3 is 15.2 Å². The Morgan fingerprint density at radius 1 is 1.44 bits per heavy atom. The molecule has 1 heterocycles. The van der Waals surface area contributed by atoms with Crippen LogP contribution in [0.3, 0.4) is 0 Å². The minimum Gasteiger partial charge on any atom is -0.381 e. The van der Waals surface area contributed by atoms with E-state index in [1.165, 1.54) is 6.07 Å². The van der Waals surface area contributed by atoms with Crippen molar-refractivity contribution in [2.75, 3.05) is 20.3 Å². The number of halogens is 2. The van der Waals surface area contributed by atoms with E-state index in [2.05, 4.69) is 15.9 Å². The first-order valence-corrected chi connectivity index (χ1v) is 6.72. The van der Waals surface area contributed by atoms with Crippen molar-refractivity contribution in [3.63, 3.8) is 0 Å². The summed E-state index contributed by atoms with van der Waals surface area (Å²) in [5.41, 5.74) is 6.18. The van der Waals surface area contributed by atoms with Crippen molar-refractivity contribution < 1.29 is 13.9 Å². The molecule has 100 valence electrons. The summed E-state index contributed by atoms with van der Waals surface area (Å²) in [6.45, 7) is 1.19. The van der Waals surface area contributed by atoms with Crippen molar-refractivity contribution in [1.29, 1.82) is 0 Å². The van der Waals surface area contributed by atoms with Gasteiger partial charge in [0.1, 0.15) is 5.82 Å². The van der Waals surface area contributed by atoms with Crippen LogP contribution in [0.25, 0.3) is 0 Å². The number of nitrogens with two attached hydrogens (primary N) is 1. The van der Waals surface area contributed by atoms with E-state index in [1.54, 1.807) is 19.2 Å². The van der Waals surface area contributed by atoms with Gasteiger partial charge in [0, 0.05) is 43.2 Å². The highest BCUT2D eigenvalue weighted by Crippen LogP contribution is 2.37. The molecule has 0 bridgehead atoms. The molecule has 1 fully saturated rings. The third-order valence-corrected chi connectivity index (χ3v) is 4.10. The molecule has 2 rings (SSSR count). The monoisotopic (exact) mass is 317 g/mol. The molecule has 0 aliphatic carbocycles. The molecule has 1 saturated heterocycles. The van der Waals surface area contributed by atoms with Crippen LogP contribution in [0.2, 0.25) is 0 Å². The Labute approximate surface area is 115 Å². The van der Waals surface area contributed by atoms with Crippen molar-refractivity contribution in [3.05, 3.63) is 34.1 Å². The molecule has 3 nitrogen and oxygen atoms in total. The van der Waals surface area contributed by atoms with Crippen molar-refractivity contribution >= 4 is 15.9 Å². The van der Waals surface area contributed by atoms with Gasteiger partial charge in [-0.2, -0.15) is 0 Å². The van der Waals surface area contributed by atoms with Gasteiger partial charge in [0.2, 0.25) is 0 Å². The number of benzene rings is 1. The minimum atomic E-state index is -0.542. The standard InChI is InChI=1S/C13H17BrFNO2/c1-17-13(4-6-18-7-5-13)12(16)10-8-9(14)2-3-11(10)15/h2-3,8,12H,4-7,16H2,1H3. The Morgan fingerprint density at radius 3 is 2.72 bits per heavy atom. The van der Waals surface area contributed by atoms with Gasteiger partial charge in [0.05, 0.1) is 11.6 Å². The van der Waals surface area contributed by atoms with E-state index in [0.717, 1.165) is 4.47 Å². The van der Waals surface area contributed by atoms with Crippen LogP contribution in [0.15, 0.2) is 22.7 Å². The van der Waals surface area contributed by atoms with Crippen molar-refractivity contribution in [3.8, 4) is 0 Å². The lowest BCUT2D eigenvalue weighted by atomic mass is 9.82. The zero-order valence-electron chi connectivity index (χ0n) is 10.3. The minimum absolute atomic E-state index is 0.298. The maximum atomic E-state index is 13.9. The second-order valence-electron chi connectivity index (χ2n) is 4.52. The fraction of sp³-hybridized carbons (Fsp3) is 0.538. The molecule has 0 amide bonds. The van der Waals surface area contributed by atoms with Crippen LogP contribution in [-0.4, -0.2) is 25.9 Å². The van der Waals surface area contributed by atoms with Crippen molar-refractivity contribution in [1.82, 2.24) is 0 Å². The van der Waals surface area contributed by atoms with E-state index >= 15 is 0 Å². The molecule has 1 aromatic carbocycles. The van der Waals surface area contributed by atoms with Crippen molar-refractivity contribution in [2.45, 2.75) is 24.5 Å². The molecule has 1 unspecified atom stereocenters. The zero-order chi connectivity index (χ0) is 13.2. The average Bonchev–Trinajstić information content (AvgIpc) is 2.41. The lowest BCUT2D eigenvalue weighted by Crippen LogP contribution is -2.47. The summed E-state index contributed by atoms with van der Waals surface area (Å²) in [6, 6.07) is 4.30. The maximum absolute atomic E-state index is 13.9. The van der Waals surface area contributed by atoms with Gasteiger partial charge in [-0.25, -0.2) is 4.39 Å². The van der Waals surface area contributed by atoms with Gasteiger partial charge in [-0.05, 0) is 18.2 Å². The van der Waals surface area contributed by atoms with Gasteiger partial charge in [-0.1, -0.05) is 15.9 Å². The number of hydrogen-bond acceptors (Lipinski definition) is 3. The van der Waals surface area contributed by atoms with Gasteiger partial charge in [-0.15, -0.1) is 0 Å². The van der Waals surface area contributed by atoms with Gasteiger partial charge >= 0.3 is 0 Å². The van der Waals surface area contributed by atoms with E-state index in [1.807, 2.05) is 0 Å². The second kappa shape index (κ2) is 5.65. The highest BCUT2D eigenvalue weighted by molar-refractivity contribution is 9.10. The van der Waals surface area contributed by atoms with Crippen molar-refractivity contribution in [2.24, 2.45) is 5.73 Å². The largest absolute Gasteiger partial charge is 0.381 e. The molecule has 18 heavy (non-hydrogen) atoms. The van der Waals surface area contributed by atoms with Crippen LogP contribution in [0.4, 0.5) is 4.39 Å². The molecule has 1 aromatic rings. The smallest absolute Gasteiger partial charge is 0.128 e. The SMILES string of the molecule is COC1(C(N)c2cc(Br)ccc2F)CCOCC1. The molecule has 0 radical (unpaired) electrons. The second-order valence-corrected chi connectivity index (χ2v) is 5.44. The summed E-state index contributed by atoms with van der Waals surface area (Å²) < 4.78 is 25.6. The summed E-state index contributed by atoms with van der Waals surface area (Å²) in [6.07, 6.45) is 1.35. The maximum Gasteiger partial charge on any atom is 0.128 e. The number of rotatable bonds is 3. The Hall–Kier alpha value is -0.490. The Kier molecular flexibility index (Phi) is 4.37. The van der Waals surface area contributed by atoms with Crippen LogP contribution in [0.5, 0.6) is 0 Å². The lowest BCUT2D eigenvalue weighted by Gasteiger charge is -2.40. The Balaban J connectivity index is 2.33. The van der Waals surface area contributed by atoms with Crippen LogP contribution >= 0.6 is 15.9 Å². The van der Waals surface area contributed by atoms with E-state index < -0.39 is 11.6 Å². The molecule has 0 saturated carbocycles. The van der Waals surface area contributed by atoms with Gasteiger partial charge in [-0.3, -0.25) is 0 Å². The molecule has 2 N–H and O–H groups in total. The molecular weight excluding hydrogens is 301 g/mol. The van der Waals surface area contributed by atoms with E-state index in [4.69, 9.17) is 15.2 Å². The first-order valence-electron chi connectivity index (χ1n) is 5.92. The lowest BCUT2D eigenvalue weighted by molar-refractivity contribution is -0.105. The Bertz CT molecular complexity index is 421. The number of ether oxygens (including phenoxy) is 2. The normalized spacial score (nSPS) is 20.7. The van der Waals surface area contributed by atoms with E-state index in [-0.39, 0.29) is 5.82 Å². The summed E-state index contributed by atoms with van der Waals surface area (Å²) >= 11 is 3.34. The molecule has 0 spiro atoms. The molecule has 1 atom stereocenters. The highest BCUT2D eigenvalue weighted by Gasteiger charge is 2.40. The van der Waals surface area contributed by atoms with Gasteiger partial charge in [0.25, 0.3) is 0 Å². The highest BCUT2D eigenvalue weighted by atomic mass is 79.9. The topological polar surface area (TPSA) is 44.5 Å². The Morgan fingerprint density at radius 2 is 2.11 bits per heavy atom. The third-order valence-electron chi connectivity index (χ3n) is 3.61. The zero-order valence-corrected chi connectivity index (χ0v) is 11.9. The number of hydrogen-bond donors (Lipinski definition) is 1. The molecular formula is C13H17BrFNO2. The molecule has 0 aromatic heterocycles. The summed E-state index contributed by atoms with van der Waals surface area (Å²) in [5, 5.41) is 0. The van der Waals surface area contributed by atoms with Gasteiger partial charge in [0.15, 0.2) is 0 Å². The predicted molar refractivity (Wildman–Crippen MR) is 70.8 cm³/mol. The molecule has 5 heteroatoms. The molecule has 1 aliphatic rings. The van der Waals surface area contributed by atoms with E-state index in [9.17, 15) is 4.39 Å². The predicted octanol–water partition coefficient (Wildman–Crippen LogP) is 2.78. The first kappa shape index (κ1) is 13.9. The summed E-state index contributed by atoms with van der Waals surface area (Å²) in [4.78, 5) is 0. The fourth-order valence-electron chi connectivity index (χ4n) is 2.40. The third kappa shape index (κ3) is 2.59. The summed E-state index contributed by atoms with van der Waals surface area (Å²) in [5.74, 6) is -0.298. The van der Waals surface area contributed by atoms with E-state index in [0.29, 0.717) is 31.6 Å². The molecule has 1 aliphatic heterocycles. The summed E-state index contributed by atoms with van der Waals surface area (Å²) in [7, 11) is 1.63. The number of methoxy groups -OCH3 is 1. The van der Waals surface area contributed by atoms with Crippen LogP contribution in [0.1, 0.15) is 24.4 Å². The van der Waals surface area contributed by atoms with Crippen LogP contribution in [-0.2, 0) is 9.47 Å². The fourth-order valence-corrected chi connectivity index (χ4v) is 2.77. The first-order chi connectivity index (χ1) is 8.59.